The highest BCUT2D eigenvalue weighted by molar-refractivity contribution is 5.97. The van der Waals surface area contributed by atoms with Gasteiger partial charge in [0.2, 0.25) is 5.43 Å². The van der Waals surface area contributed by atoms with Crippen LogP contribution in [0.4, 0.5) is 23.4 Å². The van der Waals surface area contributed by atoms with Crippen LogP contribution >= 0.6 is 0 Å². The molecule has 3 heterocycles. The zero-order valence-corrected chi connectivity index (χ0v) is 19.3. The molecule has 1 aromatic carbocycles. The molecule has 11 heteroatoms. The lowest BCUT2D eigenvalue weighted by Crippen LogP contribution is -2.38. The van der Waals surface area contributed by atoms with Gasteiger partial charge in [0.25, 0.3) is 5.91 Å². The van der Waals surface area contributed by atoms with E-state index in [1.807, 2.05) is 13.8 Å². The van der Waals surface area contributed by atoms with Crippen molar-refractivity contribution in [3.63, 3.8) is 0 Å². The molecule has 0 bridgehead atoms. The van der Waals surface area contributed by atoms with Gasteiger partial charge in [-0.3, -0.25) is 14.2 Å². The lowest BCUT2D eigenvalue weighted by atomic mass is 10.1. The van der Waals surface area contributed by atoms with E-state index >= 15 is 4.39 Å². The van der Waals surface area contributed by atoms with E-state index in [-0.39, 0.29) is 41.9 Å². The van der Waals surface area contributed by atoms with Gasteiger partial charge in [0.05, 0.1) is 11.5 Å². The number of anilines is 1. The Bertz CT molecular complexity index is 1350. The van der Waals surface area contributed by atoms with E-state index in [0.29, 0.717) is 18.6 Å². The summed E-state index contributed by atoms with van der Waals surface area (Å²) in [7, 11) is 0. The monoisotopic (exact) mass is 492 g/mol. The molecule has 3 aromatic rings. The summed E-state index contributed by atoms with van der Waals surface area (Å²) < 4.78 is 59.0. The number of fused-ring (bicyclic) bond motifs is 1. The zero-order chi connectivity index (χ0) is 25.6. The van der Waals surface area contributed by atoms with E-state index in [2.05, 4.69) is 10.3 Å². The van der Waals surface area contributed by atoms with Crippen LogP contribution in [-0.4, -0.2) is 45.8 Å². The van der Waals surface area contributed by atoms with Crippen molar-refractivity contribution < 1.29 is 27.5 Å². The van der Waals surface area contributed by atoms with Crippen LogP contribution < -0.4 is 15.6 Å². The average Bonchev–Trinajstić information content (AvgIpc) is 3.20. The third kappa shape index (κ3) is 4.60. The van der Waals surface area contributed by atoms with Crippen molar-refractivity contribution in [1.82, 2.24) is 14.9 Å². The maximum atomic E-state index is 15.0. The average molecular weight is 492 g/mol. The van der Waals surface area contributed by atoms with Gasteiger partial charge < -0.3 is 15.3 Å². The standard InChI is InChI=1S/C24H24F4N4O3/c1-11(2)12(3)29-24(35)16-10-32(20-17(26)6-13(25)7-18(20)27)22-15(21(16)34)8-19(28)23(30-22)31-5-4-14(33)9-31/h6-8,10-12,14,33H,4-5,9H2,1-3H3,(H,29,35)/t12-,14-/m0/s1. The number of hydrogen-bond acceptors (Lipinski definition) is 5. The van der Waals surface area contributed by atoms with Crippen LogP contribution in [0.2, 0.25) is 0 Å². The fourth-order valence-corrected chi connectivity index (χ4v) is 3.92. The number of pyridine rings is 2. The zero-order valence-electron chi connectivity index (χ0n) is 19.3. The molecule has 7 nitrogen and oxygen atoms in total. The second kappa shape index (κ2) is 9.29. The Morgan fingerprint density at radius 1 is 1.11 bits per heavy atom. The fourth-order valence-electron chi connectivity index (χ4n) is 3.92. The van der Waals surface area contributed by atoms with Gasteiger partial charge in [-0.25, -0.2) is 22.5 Å². The van der Waals surface area contributed by atoms with Crippen molar-refractivity contribution >= 4 is 22.8 Å². The fraction of sp³-hybridized carbons (Fsp3) is 0.375. The molecule has 1 aliphatic heterocycles. The number of carbonyl (C=O) groups excluding carboxylic acids is 1. The molecule has 1 saturated heterocycles. The Morgan fingerprint density at radius 2 is 1.77 bits per heavy atom. The number of aliphatic hydroxyl groups excluding tert-OH is 1. The molecule has 2 aromatic heterocycles. The number of amides is 1. The van der Waals surface area contributed by atoms with Gasteiger partial charge in [0.1, 0.15) is 17.1 Å². The van der Waals surface area contributed by atoms with Crippen LogP contribution in [0.25, 0.3) is 16.7 Å². The van der Waals surface area contributed by atoms with Crippen molar-refractivity contribution in [1.29, 1.82) is 0 Å². The first-order valence-corrected chi connectivity index (χ1v) is 11.1. The number of aromatic nitrogens is 2. The third-order valence-corrected chi connectivity index (χ3v) is 6.20. The normalized spacial score (nSPS) is 16.8. The van der Waals surface area contributed by atoms with Crippen molar-refractivity contribution in [2.24, 2.45) is 5.92 Å². The third-order valence-electron chi connectivity index (χ3n) is 6.20. The number of rotatable bonds is 5. The van der Waals surface area contributed by atoms with Gasteiger partial charge in [0.15, 0.2) is 28.9 Å². The molecule has 35 heavy (non-hydrogen) atoms. The highest BCUT2D eigenvalue weighted by Gasteiger charge is 2.28. The molecular weight excluding hydrogens is 468 g/mol. The Labute approximate surface area is 198 Å². The number of benzene rings is 1. The first kappa shape index (κ1) is 24.6. The van der Waals surface area contributed by atoms with Gasteiger partial charge in [-0.05, 0) is 25.3 Å². The summed E-state index contributed by atoms with van der Waals surface area (Å²) in [4.78, 5) is 31.7. The van der Waals surface area contributed by atoms with E-state index in [9.17, 15) is 27.9 Å². The summed E-state index contributed by atoms with van der Waals surface area (Å²) in [6, 6.07) is 1.40. The van der Waals surface area contributed by atoms with E-state index in [0.717, 1.165) is 16.8 Å². The minimum absolute atomic E-state index is 0.0195. The number of nitrogens with one attached hydrogen (secondary N) is 1. The second-order valence-electron chi connectivity index (χ2n) is 9.02. The molecule has 2 atom stereocenters. The van der Waals surface area contributed by atoms with Gasteiger partial charge in [-0.1, -0.05) is 13.8 Å². The smallest absolute Gasteiger partial charge is 0.257 e. The van der Waals surface area contributed by atoms with E-state index in [4.69, 9.17) is 0 Å². The number of carbonyl (C=O) groups is 1. The van der Waals surface area contributed by atoms with E-state index in [1.165, 1.54) is 4.90 Å². The first-order valence-electron chi connectivity index (χ1n) is 11.1. The molecule has 0 spiro atoms. The number of nitrogens with zero attached hydrogens (tertiary/aromatic N) is 3. The quantitative estimate of drug-likeness (QED) is 0.534. The topological polar surface area (TPSA) is 87.5 Å². The molecule has 1 fully saturated rings. The number of aliphatic hydroxyl groups is 1. The van der Waals surface area contributed by atoms with Crippen LogP contribution in [0, 0.1) is 29.2 Å². The SMILES string of the molecule is CC(C)[C@H](C)NC(=O)c1cn(-c2c(F)cc(F)cc2F)c2nc(N3CC[C@H](O)C3)c(F)cc2c1=O. The Hall–Kier alpha value is -3.47. The Kier molecular flexibility index (Phi) is 6.54. The summed E-state index contributed by atoms with van der Waals surface area (Å²) >= 11 is 0. The van der Waals surface area contributed by atoms with Crippen molar-refractivity contribution in [3.05, 3.63) is 63.5 Å². The Balaban J connectivity index is 2.01. The first-order chi connectivity index (χ1) is 16.5. The minimum Gasteiger partial charge on any atom is -0.391 e. The van der Waals surface area contributed by atoms with Crippen LogP contribution in [0.15, 0.2) is 29.2 Å². The van der Waals surface area contributed by atoms with Crippen LogP contribution in [-0.2, 0) is 0 Å². The molecule has 0 radical (unpaired) electrons. The molecular formula is C24H24F4N4O3. The molecule has 0 saturated carbocycles. The summed E-state index contributed by atoms with van der Waals surface area (Å²) in [5.41, 5.74) is -2.48. The predicted octanol–water partition coefficient (Wildman–Crippen LogP) is 3.29. The lowest BCUT2D eigenvalue weighted by Gasteiger charge is -2.21. The van der Waals surface area contributed by atoms with Crippen molar-refractivity contribution in [2.75, 3.05) is 18.0 Å². The maximum Gasteiger partial charge on any atom is 0.257 e. The van der Waals surface area contributed by atoms with E-state index < -0.39 is 52.0 Å². The van der Waals surface area contributed by atoms with Crippen LogP contribution in [0.3, 0.4) is 0 Å². The van der Waals surface area contributed by atoms with Gasteiger partial charge in [-0.15, -0.1) is 0 Å². The van der Waals surface area contributed by atoms with E-state index in [1.54, 1.807) is 6.92 Å². The highest BCUT2D eigenvalue weighted by atomic mass is 19.1. The number of halogens is 4. The van der Waals surface area contributed by atoms with Crippen LogP contribution in [0.5, 0.6) is 0 Å². The summed E-state index contributed by atoms with van der Waals surface area (Å²) in [6.07, 6.45) is 0.565. The number of β-amino-alcohol motifs (C(OH)–C–C–N with tert-alkyl or cyclic N) is 1. The molecule has 4 rings (SSSR count). The molecule has 0 aliphatic carbocycles. The number of hydrogen-bond donors (Lipinski definition) is 2. The molecule has 1 aliphatic rings. The molecule has 0 unspecified atom stereocenters. The second-order valence-corrected chi connectivity index (χ2v) is 9.02. The maximum absolute atomic E-state index is 15.0. The summed E-state index contributed by atoms with van der Waals surface area (Å²) in [6.45, 7) is 5.77. The predicted molar refractivity (Wildman–Crippen MR) is 122 cm³/mol. The van der Waals surface area contributed by atoms with Crippen molar-refractivity contribution in [3.8, 4) is 5.69 Å². The summed E-state index contributed by atoms with van der Waals surface area (Å²) in [5.74, 6) is -5.70. The molecule has 1 amide bonds. The lowest BCUT2D eigenvalue weighted by molar-refractivity contribution is 0.0929. The minimum atomic E-state index is -1.31. The Morgan fingerprint density at radius 3 is 2.34 bits per heavy atom. The van der Waals surface area contributed by atoms with Gasteiger partial charge in [-0.2, -0.15) is 0 Å². The van der Waals surface area contributed by atoms with Gasteiger partial charge >= 0.3 is 0 Å². The summed E-state index contributed by atoms with van der Waals surface area (Å²) in [5, 5.41) is 12.1. The molecule has 2 N–H and O–H groups in total. The van der Waals surface area contributed by atoms with Crippen molar-refractivity contribution in [2.45, 2.75) is 39.3 Å². The van der Waals surface area contributed by atoms with Gasteiger partial charge in [0, 0.05) is 37.5 Å². The molecule has 186 valence electrons. The largest absolute Gasteiger partial charge is 0.391 e. The van der Waals surface area contributed by atoms with Crippen LogP contribution in [0.1, 0.15) is 37.6 Å². The highest BCUT2D eigenvalue weighted by Crippen LogP contribution is 2.28.